The first kappa shape index (κ1) is 24.5. The summed E-state index contributed by atoms with van der Waals surface area (Å²) in [4.78, 5) is 16.6. The van der Waals surface area contributed by atoms with Gasteiger partial charge < -0.3 is 20.1 Å². The van der Waals surface area contributed by atoms with Crippen LogP contribution in [0.1, 0.15) is 40.1 Å². The number of ether oxygens (including phenoxy) is 2. The average molecular weight is 493 g/mol. The van der Waals surface area contributed by atoms with Crippen LogP contribution >= 0.6 is 0 Å². The number of nitrogens with zero attached hydrogens (tertiary/aromatic N) is 3. The molecule has 0 aliphatic carbocycles. The summed E-state index contributed by atoms with van der Waals surface area (Å²) in [6.07, 6.45) is -2.76. The third kappa shape index (κ3) is 5.70. The molecule has 3 heterocycles. The summed E-state index contributed by atoms with van der Waals surface area (Å²) in [5, 5.41) is 9.47. The largest absolute Gasteiger partial charge is 0.491 e. The van der Waals surface area contributed by atoms with E-state index >= 15 is 0 Å². The Labute approximate surface area is 198 Å². The van der Waals surface area contributed by atoms with E-state index in [-0.39, 0.29) is 24.3 Å². The number of amides is 1. The summed E-state index contributed by atoms with van der Waals surface area (Å²) in [5.41, 5.74) is 0.964. The fraction of sp³-hybridized carbons (Fsp3) is 0.348. The standard InChI is InChI=1S/C23H23F4N5O3/c1-34-8-9-35-17-6-2-14(3-7-17)19-10-20(23(25,26)27)32-21(31-19)18(13-30-32)22(33)29-12-16-5-4-15(24)11-28-16/h2-7,11,13,19-20,31H,8-10,12H2,1H3,(H,29,33)/t19-,20+/m1/s1. The molecule has 1 aliphatic rings. The van der Waals surface area contributed by atoms with Crippen molar-refractivity contribution in [2.24, 2.45) is 0 Å². The molecular formula is C23H23F4N5O3. The second-order valence-corrected chi connectivity index (χ2v) is 7.90. The normalized spacial score (nSPS) is 17.4. The van der Waals surface area contributed by atoms with Gasteiger partial charge in [-0.15, -0.1) is 0 Å². The number of hydrogen-bond acceptors (Lipinski definition) is 6. The predicted molar refractivity (Wildman–Crippen MR) is 117 cm³/mol. The molecule has 0 bridgehead atoms. The van der Waals surface area contributed by atoms with Crippen LogP contribution in [0.3, 0.4) is 0 Å². The van der Waals surface area contributed by atoms with E-state index in [9.17, 15) is 22.4 Å². The first-order chi connectivity index (χ1) is 16.8. The van der Waals surface area contributed by atoms with E-state index in [4.69, 9.17) is 9.47 Å². The lowest BCUT2D eigenvalue weighted by molar-refractivity contribution is -0.173. The molecule has 0 radical (unpaired) electrons. The van der Waals surface area contributed by atoms with Gasteiger partial charge in [-0.2, -0.15) is 18.3 Å². The molecule has 8 nitrogen and oxygen atoms in total. The van der Waals surface area contributed by atoms with Crippen molar-refractivity contribution in [1.29, 1.82) is 0 Å². The molecule has 0 saturated heterocycles. The van der Waals surface area contributed by atoms with Crippen LogP contribution < -0.4 is 15.4 Å². The van der Waals surface area contributed by atoms with Crippen molar-refractivity contribution in [3.63, 3.8) is 0 Å². The minimum absolute atomic E-state index is 0.0274. The van der Waals surface area contributed by atoms with Crippen molar-refractivity contribution in [3.8, 4) is 5.75 Å². The Balaban J connectivity index is 1.54. The summed E-state index contributed by atoms with van der Waals surface area (Å²) in [7, 11) is 1.55. The monoisotopic (exact) mass is 493 g/mol. The van der Waals surface area contributed by atoms with Gasteiger partial charge in [0.1, 0.15) is 29.6 Å². The summed E-state index contributed by atoms with van der Waals surface area (Å²) in [6, 6.07) is 6.67. The van der Waals surface area contributed by atoms with Crippen molar-refractivity contribution < 1.29 is 31.8 Å². The van der Waals surface area contributed by atoms with Crippen LogP contribution in [-0.4, -0.2) is 47.2 Å². The summed E-state index contributed by atoms with van der Waals surface area (Å²) in [6.45, 7) is 0.727. The Kier molecular flexibility index (Phi) is 7.20. The highest BCUT2D eigenvalue weighted by atomic mass is 19.4. The van der Waals surface area contributed by atoms with Gasteiger partial charge in [0.15, 0.2) is 6.04 Å². The number of fused-ring (bicyclic) bond motifs is 1. The average Bonchev–Trinajstić information content (AvgIpc) is 3.27. The van der Waals surface area contributed by atoms with E-state index < -0.39 is 30.0 Å². The van der Waals surface area contributed by atoms with E-state index in [1.54, 1.807) is 31.4 Å². The van der Waals surface area contributed by atoms with Gasteiger partial charge in [-0.1, -0.05) is 12.1 Å². The van der Waals surface area contributed by atoms with E-state index in [1.165, 1.54) is 12.1 Å². The van der Waals surface area contributed by atoms with Crippen LogP contribution in [0, 0.1) is 5.82 Å². The van der Waals surface area contributed by atoms with Crippen LogP contribution in [0.5, 0.6) is 5.75 Å². The van der Waals surface area contributed by atoms with E-state index in [0.717, 1.165) is 17.1 Å². The number of aromatic nitrogens is 3. The van der Waals surface area contributed by atoms with Crippen molar-refractivity contribution in [3.05, 3.63) is 71.4 Å². The number of benzene rings is 1. The molecule has 1 aromatic carbocycles. The number of carbonyl (C=O) groups excluding carboxylic acids is 1. The number of pyridine rings is 1. The zero-order chi connectivity index (χ0) is 25.0. The Bertz CT molecular complexity index is 1150. The quantitative estimate of drug-likeness (QED) is 0.364. The third-order valence-corrected chi connectivity index (χ3v) is 5.54. The van der Waals surface area contributed by atoms with Gasteiger partial charge >= 0.3 is 6.18 Å². The van der Waals surface area contributed by atoms with Crippen LogP contribution in [0.2, 0.25) is 0 Å². The molecule has 35 heavy (non-hydrogen) atoms. The van der Waals surface area contributed by atoms with E-state index in [2.05, 4.69) is 20.7 Å². The van der Waals surface area contributed by atoms with Gasteiger partial charge in [-0.3, -0.25) is 9.78 Å². The molecule has 12 heteroatoms. The molecule has 2 N–H and O–H groups in total. The van der Waals surface area contributed by atoms with Crippen LogP contribution in [0.4, 0.5) is 23.4 Å². The first-order valence-corrected chi connectivity index (χ1v) is 10.8. The highest BCUT2D eigenvalue weighted by Crippen LogP contribution is 2.44. The lowest BCUT2D eigenvalue weighted by atomic mass is 9.96. The van der Waals surface area contributed by atoms with E-state index in [1.807, 2.05) is 0 Å². The predicted octanol–water partition coefficient (Wildman–Crippen LogP) is 4.03. The fourth-order valence-corrected chi connectivity index (χ4v) is 3.76. The maximum Gasteiger partial charge on any atom is 0.410 e. The number of nitrogens with one attached hydrogen (secondary N) is 2. The molecular weight excluding hydrogens is 470 g/mol. The van der Waals surface area contributed by atoms with Crippen LogP contribution in [0.25, 0.3) is 0 Å². The highest BCUT2D eigenvalue weighted by molar-refractivity contribution is 5.98. The first-order valence-electron chi connectivity index (χ1n) is 10.8. The minimum atomic E-state index is -4.57. The van der Waals surface area contributed by atoms with Gasteiger partial charge in [0.25, 0.3) is 5.91 Å². The summed E-state index contributed by atoms with van der Waals surface area (Å²) < 4.78 is 66.0. The Morgan fingerprint density at radius 3 is 2.60 bits per heavy atom. The molecule has 0 saturated carbocycles. The molecule has 0 unspecified atom stereocenters. The SMILES string of the molecule is COCCOc1ccc([C@H]2C[C@@H](C(F)(F)F)n3ncc(C(=O)NCc4ccc(F)cn4)c3N2)cc1. The molecule has 4 rings (SSSR count). The van der Waals surface area contributed by atoms with Crippen molar-refractivity contribution >= 4 is 11.7 Å². The zero-order valence-corrected chi connectivity index (χ0v) is 18.7. The molecule has 2 aromatic heterocycles. The minimum Gasteiger partial charge on any atom is -0.491 e. The van der Waals surface area contributed by atoms with E-state index in [0.29, 0.717) is 30.2 Å². The number of halogens is 4. The highest BCUT2D eigenvalue weighted by Gasteiger charge is 2.47. The molecule has 1 amide bonds. The van der Waals surface area contributed by atoms with Gasteiger partial charge in [0.2, 0.25) is 0 Å². The molecule has 0 spiro atoms. The Morgan fingerprint density at radius 2 is 1.94 bits per heavy atom. The zero-order valence-electron chi connectivity index (χ0n) is 18.7. The lowest BCUT2D eigenvalue weighted by Gasteiger charge is -2.34. The van der Waals surface area contributed by atoms with Crippen LogP contribution in [-0.2, 0) is 11.3 Å². The summed E-state index contributed by atoms with van der Waals surface area (Å²) >= 11 is 0. The second-order valence-electron chi connectivity index (χ2n) is 7.90. The molecule has 1 aliphatic heterocycles. The Hall–Kier alpha value is -3.67. The molecule has 0 fully saturated rings. The maximum absolute atomic E-state index is 13.9. The van der Waals surface area contributed by atoms with Crippen molar-refractivity contribution in [2.45, 2.75) is 31.2 Å². The van der Waals surface area contributed by atoms with Gasteiger partial charge in [-0.25, -0.2) is 9.07 Å². The number of anilines is 1. The topological polar surface area (TPSA) is 90.3 Å². The second kappa shape index (κ2) is 10.3. The lowest BCUT2D eigenvalue weighted by Crippen LogP contribution is -2.36. The molecule has 3 aromatic rings. The fourth-order valence-electron chi connectivity index (χ4n) is 3.76. The number of hydrogen-bond donors (Lipinski definition) is 2. The summed E-state index contributed by atoms with van der Waals surface area (Å²) in [5.74, 6) is -0.621. The van der Waals surface area contributed by atoms with Gasteiger partial charge in [0.05, 0.1) is 37.3 Å². The van der Waals surface area contributed by atoms with Gasteiger partial charge in [-0.05, 0) is 29.8 Å². The third-order valence-electron chi connectivity index (χ3n) is 5.54. The number of carbonyl (C=O) groups is 1. The smallest absolute Gasteiger partial charge is 0.410 e. The van der Waals surface area contributed by atoms with Gasteiger partial charge in [0, 0.05) is 13.5 Å². The molecule has 186 valence electrons. The number of alkyl halides is 3. The number of rotatable bonds is 8. The van der Waals surface area contributed by atoms with Crippen molar-refractivity contribution in [2.75, 3.05) is 25.6 Å². The molecule has 2 atom stereocenters. The van der Waals surface area contributed by atoms with Crippen molar-refractivity contribution in [1.82, 2.24) is 20.1 Å². The Morgan fingerprint density at radius 1 is 1.17 bits per heavy atom. The van der Waals surface area contributed by atoms with Crippen LogP contribution in [0.15, 0.2) is 48.8 Å². The number of methoxy groups -OCH3 is 1. The maximum atomic E-state index is 13.9.